The van der Waals surface area contributed by atoms with Crippen LogP contribution in [0.25, 0.3) is 0 Å². The van der Waals surface area contributed by atoms with E-state index < -0.39 is 0 Å². The minimum absolute atomic E-state index is 0.125. The van der Waals surface area contributed by atoms with Crippen LogP contribution in [0.15, 0.2) is 24.3 Å². The zero-order valence-electron chi connectivity index (χ0n) is 15.6. The summed E-state index contributed by atoms with van der Waals surface area (Å²) in [4.78, 5) is 14.9. The summed E-state index contributed by atoms with van der Waals surface area (Å²) < 4.78 is 7.39. The minimum Gasteiger partial charge on any atom is -0.496 e. The molecule has 1 saturated heterocycles. The van der Waals surface area contributed by atoms with Crippen LogP contribution >= 0.6 is 0 Å². The SMILES string of the molecule is COc1ccccc1C1CCCN1C(=O)CCc1c(C)nn(C)c1C. The monoisotopic (exact) mass is 341 g/mol. The van der Waals surface area contributed by atoms with Gasteiger partial charge in [-0.3, -0.25) is 9.48 Å². The van der Waals surface area contributed by atoms with E-state index in [0.29, 0.717) is 6.42 Å². The van der Waals surface area contributed by atoms with Gasteiger partial charge in [-0.25, -0.2) is 0 Å². The third kappa shape index (κ3) is 3.41. The summed E-state index contributed by atoms with van der Waals surface area (Å²) in [5.41, 5.74) is 4.48. The molecular weight excluding hydrogens is 314 g/mol. The molecule has 1 aliphatic heterocycles. The van der Waals surface area contributed by atoms with Gasteiger partial charge in [-0.15, -0.1) is 0 Å². The van der Waals surface area contributed by atoms with Gasteiger partial charge in [0.05, 0.1) is 18.8 Å². The fourth-order valence-electron chi connectivity index (χ4n) is 3.89. The highest BCUT2D eigenvalue weighted by atomic mass is 16.5. The maximum atomic E-state index is 12.9. The number of hydrogen-bond acceptors (Lipinski definition) is 3. The first-order valence-electron chi connectivity index (χ1n) is 8.94. The van der Waals surface area contributed by atoms with Gasteiger partial charge in [-0.05, 0) is 44.7 Å². The van der Waals surface area contributed by atoms with Crippen molar-refractivity contribution in [2.75, 3.05) is 13.7 Å². The van der Waals surface area contributed by atoms with E-state index in [1.807, 2.05) is 41.8 Å². The van der Waals surface area contributed by atoms with E-state index in [4.69, 9.17) is 4.74 Å². The predicted molar refractivity (Wildman–Crippen MR) is 97.7 cm³/mol. The van der Waals surface area contributed by atoms with Gasteiger partial charge in [0.2, 0.25) is 5.91 Å². The lowest BCUT2D eigenvalue weighted by atomic mass is 10.0. The molecule has 1 atom stereocenters. The fourth-order valence-corrected chi connectivity index (χ4v) is 3.89. The normalized spacial score (nSPS) is 17.1. The van der Waals surface area contributed by atoms with Crippen molar-refractivity contribution >= 4 is 5.91 Å². The molecule has 5 heteroatoms. The maximum Gasteiger partial charge on any atom is 0.223 e. The quantitative estimate of drug-likeness (QED) is 0.838. The molecule has 25 heavy (non-hydrogen) atoms. The summed E-state index contributed by atoms with van der Waals surface area (Å²) in [6.45, 7) is 4.90. The number of methoxy groups -OCH3 is 1. The number of aryl methyl sites for hydroxylation is 2. The molecule has 0 N–H and O–H groups in total. The van der Waals surface area contributed by atoms with Crippen LogP contribution in [0.2, 0.25) is 0 Å². The van der Waals surface area contributed by atoms with Crippen LogP contribution in [0.4, 0.5) is 0 Å². The molecule has 0 radical (unpaired) electrons. The number of ether oxygens (including phenoxy) is 1. The molecule has 1 unspecified atom stereocenters. The Bertz CT molecular complexity index is 766. The Morgan fingerprint density at radius 3 is 2.76 bits per heavy atom. The average molecular weight is 341 g/mol. The summed E-state index contributed by atoms with van der Waals surface area (Å²) in [7, 11) is 3.64. The predicted octanol–water partition coefficient (Wildman–Crippen LogP) is 3.34. The van der Waals surface area contributed by atoms with Gasteiger partial charge in [-0.1, -0.05) is 18.2 Å². The molecule has 1 aromatic heterocycles. The van der Waals surface area contributed by atoms with Crippen molar-refractivity contribution in [3.05, 3.63) is 46.8 Å². The number of nitrogens with zero attached hydrogens (tertiary/aromatic N) is 3. The van der Waals surface area contributed by atoms with Gasteiger partial charge in [-0.2, -0.15) is 5.10 Å². The lowest BCUT2D eigenvalue weighted by molar-refractivity contribution is -0.132. The molecule has 1 amide bonds. The lowest BCUT2D eigenvalue weighted by Crippen LogP contribution is -2.31. The number of para-hydroxylation sites is 1. The van der Waals surface area contributed by atoms with Crippen molar-refractivity contribution in [2.24, 2.45) is 7.05 Å². The van der Waals surface area contributed by atoms with Crippen LogP contribution < -0.4 is 4.74 Å². The van der Waals surface area contributed by atoms with E-state index in [-0.39, 0.29) is 11.9 Å². The molecule has 0 bridgehead atoms. The molecule has 134 valence electrons. The van der Waals surface area contributed by atoms with Crippen LogP contribution in [-0.4, -0.2) is 34.2 Å². The Labute approximate surface area is 149 Å². The van der Waals surface area contributed by atoms with E-state index in [1.54, 1.807) is 7.11 Å². The van der Waals surface area contributed by atoms with Gasteiger partial charge >= 0.3 is 0 Å². The van der Waals surface area contributed by atoms with E-state index >= 15 is 0 Å². The largest absolute Gasteiger partial charge is 0.496 e. The number of amides is 1. The third-order valence-electron chi connectivity index (χ3n) is 5.32. The number of likely N-dealkylation sites (tertiary alicyclic amines) is 1. The number of carbonyl (C=O) groups excluding carboxylic acids is 1. The molecule has 3 rings (SSSR count). The second kappa shape index (κ2) is 7.30. The molecule has 0 saturated carbocycles. The average Bonchev–Trinajstić information content (AvgIpc) is 3.19. The Balaban J connectivity index is 1.73. The first-order chi connectivity index (χ1) is 12.0. The molecule has 5 nitrogen and oxygen atoms in total. The van der Waals surface area contributed by atoms with Crippen LogP contribution in [0, 0.1) is 13.8 Å². The Morgan fingerprint density at radius 2 is 2.08 bits per heavy atom. The number of rotatable bonds is 5. The smallest absolute Gasteiger partial charge is 0.223 e. The summed E-state index contributed by atoms with van der Waals surface area (Å²) in [5.74, 6) is 1.09. The standard InChI is InChI=1S/C20H27N3O2/c1-14-16(15(2)22(3)21-14)11-12-20(24)23-13-7-9-18(23)17-8-5-6-10-19(17)25-4/h5-6,8,10,18H,7,9,11-13H2,1-4H3. The summed E-state index contributed by atoms with van der Waals surface area (Å²) in [6, 6.07) is 8.15. The summed E-state index contributed by atoms with van der Waals surface area (Å²) in [6.07, 6.45) is 3.31. The molecular formula is C20H27N3O2. The minimum atomic E-state index is 0.125. The fraction of sp³-hybridized carbons (Fsp3) is 0.500. The van der Waals surface area contributed by atoms with Crippen molar-refractivity contribution in [1.82, 2.24) is 14.7 Å². The third-order valence-corrected chi connectivity index (χ3v) is 5.32. The number of aromatic nitrogens is 2. The Morgan fingerprint density at radius 1 is 1.32 bits per heavy atom. The Kier molecular flexibility index (Phi) is 5.11. The van der Waals surface area contributed by atoms with Crippen LogP contribution in [0.1, 0.15) is 47.8 Å². The summed E-state index contributed by atoms with van der Waals surface area (Å²) >= 11 is 0. The van der Waals surface area contributed by atoms with Crippen molar-refractivity contribution in [2.45, 2.75) is 45.6 Å². The first kappa shape index (κ1) is 17.5. The topological polar surface area (TPSA) is 47.4 Å². The number of carbonyl (C=O) groups is 1. The molecule has 0 aliphatic carbocycles. The highest BCUT2D eigenvalue weighted by Gasteiger charge is 2.31. The van der Waals surface area contributed by atoms with Crippen molar-refractivity contribution < 1.29 is 9.53 Å². The van der Waals surface area contributed by atoms with Gasteiger partial charge in [0.25, 0.3) is 0 Å². The van der Waals surface area contributed by atoms with E-state index in [9.17, 15) is 4.79 Å². The molecule has 2 aromatic rings. The molecule has 2 heterocycles. The van der Waals surface area contributed by atoms with Gasteiger partial charge in [0.15, 0.2) is 0 Å². The van der Waals surface area contributed by atoms with E-state index in [0.717, 1.165) is 48.5 Å². The van der Waals surface area contributed by atoms with Crippen LogP contribution in [0.3, 0.4) is 0 Å². The first-order valence-corrected chi connectivity index (χ1v) is 8.94. The lowest BCUT2D eigenvalue weighted by Gasteiger charge is -2.26. The molecule has 1 aliphatic rings. The number of benzene rings is 1. The zero-order chi connectivity index (χ0) is 18.0. The van der Waals surface area contributed by atoms with E-state index in [1.165, 1.54) is 5.56 Å². The van der Waals surface area contributed by atoms with E-state index in [2.05, 4.69) is 18.1 Å². The van der Waals surface area contributed by atoms with Crippen LogP contribution in [-0.2, 0) is 18.3 Å². The van der Waals surface area contributed by atoms with Crippen molar-refractivity contribution in [3.8, 4) is 5.75 Å². The van der Waals surface area contributed by atoms with Gasteiger partial charge in [0.1, 0.15) is 5.75 Å². The summed E-state index contributed by atoms with van der Waals surface area (Å²) in [5, 5.41) is 4.45. The van der Waals surface area contributed by atoms with Crippen LogP contribution in [0.5, 0.6) is 5.75 Å². The second-order valence-corrected chi connectivity index (χ2v) is 6.76. The highest BCUT2D eigenvalue weighted by Crippen LogP contribution is 2.37. The highest BCUT2D eigenvalue weighted by molar-refractivity contribution is 5.77. The maximum absolute atomic E-state index is 12.9. The van der Waals surface area contributed by atoms with Gasteiger partial charge < -0.3 is 9.64 Å². The zero-order valence-corrected chi connectivity index (χ0v) is 15.6. The molecule has 1 aromatic carbocycles. The second-order valence-electron chi connectivity index (χ2n) is 6.76. The van der Waals surface area contributed by atoms with Gasteiger partial charge in [0, 0.05) is 31.3 Å². The van der Waals surface area contributed by atoms with Crippen molar-refractivity contribution in [1.29, 1.82) is 0 Å². The molecule has 0 spiro atoms. The molecule has 1 fully saturated rings. The number of hydrogen-bond donors (Lipinski definition) is 0. The Hall–Kier alpha value is -2.30. The van der Waals surface area contributed by atoms with Crippen molar-refractivity contribution in [3.63, 3.8) is 0 Å².